The van der Waals surface area contributed by atoms with Crippen molar-refractivity contribution in [2.75, 3.05) is 12.8 Å². The van der Waals surface area contributed by atoms with Crippen LogP contribution in [0.3, 0.4) is 0 Å². The molecule has 118 valence electrons. The monoisotopic (exact) mass is 300 g/mol. The van der Waals surface area contributed by atoms with Crippen LogP contribution in [0.15, 0.2) is 18.2 Å². The second-order valence-corrected chi connectivity index (χ2v) is 5.96. The first-order chi connectivity index (χ1) is 9.58. The van der Waals surface area contributed by atoms with E-state index in [1.165, 1.54) is 4.90 Å². The van der Waals surface area contributed by atoms with E-state index in [9.17, 15) is 13.6 Å². The van der Waals surface area contributed by atoms with E-state index in [0.29, 0.717) is 16.8 Å². The molecule has 1 aromatic carbocycles. The van der Waals surface area contributed by atoms with Gasteiger partial charge in [-0.2, -0.15) is 0 Å². The zero-order valence-electron chi connectivity index (χ0n) is 12.8. The Morgan fingerprint density at radius 3 is 2.48 bits per heavy atom. The number of hydrogen-bond donors (Lipinski definition) is 1. The lowest BCUT2D eigenvalue weighted by atomic mass is 10.0. The molecule has 0 saturated carbocycles. The van der Waals surface area contributed by atoms with Crippen LogP contribution in [0.5, 0.6) is 0 Å². The highest BCUT2D eigenvalue weighted by Crippen LogP contribution is 2.19. The summed E-state index contributed by atoms with van der Waals surface area (Å²) in [7, 11) is 1.56. The molecule has 4 nitrogen and oxygen atoms in total. The zero-order chi connectivity index (χ0) is 16.2. The van der Waals surface area contributed by atoms with Crippen LogP contribution in [0.1, 0.15) is 31.9 Å². The van der Waals surface area contributed by atoms with Crippen molar-refractivity contribution in [1.29, 1.82) is 0 Å². The van der Waals surface area contributed by atoms with Crippen molar-refractivity contribution in [3.05, 3.63) is 29.3 Å². The van der Waals surface area contributed by atoms with Gasteiger partial charge in [0.25, 0.3) is 0 Å². The van der Waals surface area contributed by atoms with Gasteiger partial charge in [-0.25, -0.2) is 13.6 Å². The molecule has 0 heterocycles. The molecule has 0 fully saturated rings. The number of carbonyl (C=O) groups excluding carboxylic acids is 1. The highest BCUT2D eigenvalue weighted by Gasteiger charge is 2.20. The lowest BCUT2D eigenvalue weighted by molar-refractivity contribution is 0.0284. The predicted molar refractivity (Wildman–Crippen MR) is 78.3 cm³/mol. The number of halogens is 2. The van der Waals surface area contributed by atoms with Crippen molar-refractivity contribution >= 4 is 11.8 Å². The number of ether oxygens (including phenoxy) is 1. The Labute approximate surface area is 123 Å². The first kappa shape index (κ1) is 17.2. The van der Waals surface area contributed by atoms with Crippen LogP contribution in [-0.2, 0) is 17.7 Å². The molecule has 0 radical (unpaired) electrons. The van der Waals surface area contributed by atoms with Gasteiger partial charge in [-0.3, -0.25) is 0 Å². The number of nitrogens with zero attached hydrogens (tertiary/aromatic N) is 1. The summed E-state index contributed by atoms with van der Waals surface area (Å²) in [5.41, 5.74) is 6.64. The highest BCUT2D eigenvalue weighted by molar-refractivity contribution is 5.68. The fraction of sp³-hybridized carbons (Fsp3) is 0.533. The molecule has 21 heavy (non-hydrogen) atoms. The van der Waals surface area contributed by atoms with Gasteiger partial charge in [0.1, 0.15) is 5.60 Å². The van der Waals surface area contributed by atoms with Crippen molar-refractivity contribution in [3.63, 3.8) is 0 Å². The average molecular weight is 300 g/mol. The van der Waals surface area contributed by atoms with Crippen molar-refractivity contribution in [2.24, 2.45) is 0 Å². The Morgan fingerprint density at radius 1 is 1.33 bits per heavy atom. The van der Waals surface area contributed by atoms with Crippen LogP contribution in [0.2, 0.25) is 0 Å². The van der Waals surface area contributed by atoms with Gasteiger partial charge in [0.15, 0.2) is 0 Å². The first-order valence-corrected chi connectivity index (χ1v) is 6.68. The first-order valence-electron chi connectivity index (χ1n) is 6.68. The zero-order valence-corrected chi connectivity index (χ0v) is 12.8. The molecule has 0 saturated heterocycles. The minimum Gasteiger partial charge on any atom is -0.444 e. The molecule has 1 amide bonds. The standard InChI is InChI=1S/C15H22F2N2O2/c1-15(2,3)21-14(20)19(4)9-11-7-12(18)6-5-10(11)8-13(16)17/h5-7,13H,8-9,18H2,1-4H3. The minimum absolute atomic E-state index is 0.169. The summed E-state index contributed by atoms with van der Waals surface area (Å²) in [5.74, 6) is 0. The lowest BCUT2D eigenvalue weighted by Crippen LogP contribution is -2.34. The largest absolute Gasteiger partial charge is 0.444 e. The molecular formula is C15H22F2N2O2. The summed E-state index contributed by atoms with van der Waals surface area (Å²) in [6.07, 6.45) is -3.32. The van der Waals surface area contributed by atoms with Crippen LogP contribution >= 0.6 is 0 Å². The van der Waals surface area contributed by atoms with E-state index in [0.717, 1.165) is 0 Å². The van der Waals surface area contributed by atoms with Crippen molar-refractivity contribution in [3.8, 4) is 0 Å². The Hall–Kier alpha value is -1.85. The number of benzene rings is 1. The molecule has 2 N–H and O–H groups in total. The quantitative estimate of drug-likeness (QED) is 0.867. The predicted octanol–water partition coefficient (Wildman–Crippen LogP) is 3.44. The molecule has 0 aliphatic rings. The van der Waals surface area contributed by atoms with Crippen LogP contribution in [0.4, 0.5) is 19.3 Å². The van der Waals surface area contributed by atoms with Crippen molar-refractivity contribution < 1.29 is 18.3 Å². The second kappa shape index (κ2) is 6.74. The minimum atomic E-state index is -2.45. The Morgan fingerprint density at radius 2 is 1.95 bits per heavy atom. The molecule has 0 bridgehead atoms. The normalized spacial score (nSPS) is 11.6. The van der Waals surface area contributed by atoms with E-state index in [4.69, 9.17) is 10.5 Å². The molecule has 0 atom stereocenters. The number of rotatable bonds is 4. The van der Waals surface area contributed by atoms with E-state index < -0.39 is 18.1 Å². The van der Waals surface area contributed by atoms with E-state index >= 15 is 0 Å². The molecule has 6 heteroatoms. The molecule has 0 aromatic heterocycles. The number of nitrogen functional groups attached to an aromatic ring is 1. The van der Waals surface area contributed by atoms with Gasteiger partial charge in [0.2, 0.25) is 6.43 Å². The average Bonchev–Trinajstić information content (AvgIpc) is 2.30. The van der Waals surface area contributed by atoms with Crippen LogP contribution < -0.4 is 5.73 Å². The highest BCUT2D eigenvalue weighted by atomic mass is 19.3. The van der Waals surface area contributed by atoms with Gasteiger partial charge in [0.05, 0.1) is 0 Å². The Kier molecular flexibility index (Phi) is 5.52. The van der Waals surface area contributed by atoms with E-state index in [2.05, 4.69) is 0 Å². The second-order valence-electron chi connectivity index (χ2n) is 5.96. The van der Waals surface area contributed by atoms with E-state index in [1.807, 2.05) is 0 Å². The molecule has 1 aromatic rings. The van der Waals surface area contributed by atoms with Crippen LogP contribution in [0, 0.1) is 0 Å². The summed E-state index contributed by atoms with van der Waals surface area (Å²) < 4.78 is 30.4. The third kappa shape index (κ3) is 5.97. The molecule has 1 rings (SSSR count). The number of anilines is 1. The van der Waals surface area contributed by atoms with Gasteiger partial charge in [0, 0.05) is 25.7 Å². The smallest absolute Gasteiger partial charge is 0.410 e. The Bertz CT molecular complexity index is 499. The van der Waals surface area contributed by atoms with Crippen LogP contribution in [0.25, 0.3) is 0 Å². The maximum atomic E-state index is 12.6. The van der Waals surface area contributed by atoms with E-state index in [-0.39, 0.29) is 13.0 Å². The Balaban J connectivity index is 2.85. The summed E-state index contributed by atoms with van der Waals surface area (Å²) in [4.78, 5) is 13.2. The maximum absolute atomic E-state index is 12.6. The third-order valence-corrected chi connectivity index (χ3v) is 2.72. The van der Waals surface area contributed by atoms with Gasteiger partial charge in [-0.05, 0) is 44.0 Å². The number of nitrogens with two attached hydrogens (primary N) is 1. The SMILES string of the molecule is CN(Cc1cc(N)ccc1CC(F)F)C(=O)OC(C)(C)C. The molecule has 0 aliphatic carbocycles. The lowest BCUT2D eigenvalue weighted by Gasteiger charge is -2.25. The number of alkyl halides is 2. The van der Waals surface area contributed by atoms with Gasteiger partial charge in [-0.1, -0.05) is 6.07 Å². The van der Waals surface area contributed by atoms with Gasteiger partial charge < -0.3 is 15.4 Å². The number of amides is 1. The van der Waals surface area contributed by atoms with Crippen molar-refractivity contribution in [1.82, 2.24) is 4.90 Å². The number of carbonyl (C=O) groups is 1. The molecular weight excluding hydrogens is 278 g/mol. The summed E-state index contributed by atoms with van der Waals surface area (Å²) in [5, 5.41) is 0. The fourth-order valence-electron chi connectivity index (χ4n) is 1.82. The van der Waals surface area contributed by atoms with Gasteiger partial charge in [-0.15, -0.1) is 0 Å². The third-order valence-electron chi connectivity index (χ3n) is 2.72. The molecule has 0 spiro atoms. The van der Waals surface area contributed by atoms with Crippen LogP contribution in [-0.4, -0.2) is 30.1 Å². The molecule has 0 unspecified atom stereocenters. The number of hydrogen-bond acceptors (Lipinski definition) is 3. The van der Waals surface area contributed by atoms with Crippen molar-refractivity contribution in [2.45, 2.75) is 45.8 Å². The maximum Gasteiger partial charge on any atom is 0.410 e. The molecule has 0 aliphatic heterocycles. The summed E-state index contributed by atoms with van der Waals surface area (Å²) >= 11 is 0. The fourth-order valence-corrected chi connectivity index (χ4v) is 1.82. The summed E-state index contributed by atoms with van der Waals surface area (Å²) in [6, 6.07) is 4.76. The summed E-state index contributed by atoms with van der Waals surface area (Å²) in [6.45, 7) is 5.46. The van der Waals surface area contributed by atoms with Gasteiger partial charge >= 0.3 is 6.09 Å². The van der Waals surface area contributed by atoms with E-state index in [1.54, 1.807) is 46.0 Å². The topological polar surface area (TPSA) is 55.6 Å².